The first-order chi connectivity index (χ1) is 14.7. The van der Waals surface area contributed by atoms with Crippen molar-refractivity contribution in [2.24, 2.45) is 5.41 Å². The van der Waals surface area contributed by atoms with E-state index in [0.29, 0.717) is 29.7 Å². The summed E-state index contributed by atoms with van der Waals surface area (Å²) < 4.78 is 19.6. The third-order valence-corrected chi connectivity index (χ3v) is 5.07. The highest BCUT2D eigenvalue weighted by Crippen LogP contribution is 2.27. The summed E-state index contributed by atoms with van der Waals surface area (Å²) in [5.41, 5.74) is 7.06. The molecule has 1 aromatic heterocycles. The monoisotopic (exact) mass is 426 g/mol. The van der Waals surface area contributed by atoms with E-state index in [1.165, 1.54) is 12.1 Å². The topological polar surface area (TPSA) is 84.5 Å². The van der Waals surface area contributed by atoms with Crippen LogP contribution in [0.2, 0.25) is 0 Å². The lowest BCUT2D eigenvalue weighted by atomic mass is 9.93. The van der Waals surface area contributed by atoms with Crippen LogP contribution in [0, 0.1) is 23.1 Å². The standard InChI is InChI=1S/C24H31FN4O2/c1-24(2,3)8-4-17-12-19(25)14-21(13-17)31-16-20(30)15-29-10-6-18(7-11-29)22-5-9-27-23(26)28-22/h5,9,12-14,18,20,30H,6-7,10-11,15-16H2,1-3H3,(H2,26,27,28). The van der Waals surface area contributed by atoms with Crippen molar-refractivity contribution in [2.75, 3.05) is 32.0 Å². The number of nitrogens with zero attached hydrogens (tertiary/aromatic N) is 3. The molecule has 166 valence electrons. The molecule has 2 heterocycles. The molecule has 31 heavy (non-hydrogen) atoms. The van der Waals surface area contributed by atoms with Crippen molar-refractivity contribution in [1.29, 1.82) is 0 Å². The molecule has 1 atom stereocenters. The molecule has 1 saturated heterocycles. The van der Waals surface area contributed by atoms with Gasteiger partial charge in [0.15, 0.2) is 0 Å². The third kappa shape index (κ3) is 7.50. The third-order valence-electron chi connectivity index (χ3n) is 5.07. The number of nitrogen functional groups attached to an aromatic ring is 1. The van der Waals surface area contributed by atoms with Crippen molar-refractivity contribution in [2.45, 2.75) is 45.6 Å². The Morgan fingerprint density at radius 2 is 2.03 bits per heavy atom. The maximum Gasteiger partial charge on any atom is 0.220 e. The van der Waals surface area contributed by atoms with Gasteiger partial charge in [0, 0.05) is 41.4 Å². The number of piperidine rings is 1. The van der Waals surface area contributed by atoms with Gasteiger partial charge >= 0.3 is 0 Å². The number of ether oxygens (including phenoxy) is 1. The van der Waals surface area contributed by atoms with Crippen molar-refractivity contribution in [1.82, 2.24) is 14.9 Å². The minimum atomic E-state index is -0.668. The maximum atomic E-state index is 13.9. The zero-order valence-electron chi connectivity index (χ0n) is 18.4. The molecule has 1 aromatic carbocycles. The molecule has 3 N–H and O–H groups in total. The molecule has 6 nitrogen and oxygen atoms in total. The molecule has 7 heteroatoms. The Balaban J connectivity index is 1.48. The number of β-amino-alcohol motifs (C(OH)–C–C–N with tert-alkyl or cyclic N) is 1. The summed E-state index contributed by atoms with van der Waals surface area (Å²) in [7, 11) is 0. The lowest BCUT2D eigenvalue weighted by Gasteiger charge is -2.32. The summed E-state index contributed by atoms with van der Waals surface area (Å²) in [6, 6.07) is 6.32. The average Bonchev–Trinajstić information content (AvgIpc) is 2.70. The predicted molar refractivity (Wildman–Crippen MR) is 119 cm³/mol. The van der Waals surface area contributed by atoms with E-state index >= 15 is 0 Å². The SMILES string of the molecule is CC(C)(C)C#Cc1cc(F)cc(OCC(O)CN2CCC(c3ccnc(N)n3)CC2)c1. The van der Waals surface area contributed by atoms with Gasteiger partial charge in [0.05, 0.1) is 0 Å². The molecule has 3 rings (SSSR count). The van der Waals surface area contributed by atoms with Crippen LogP contribution in [0.25, 0.3) is 0 Å². The first kappa shape index (κ1) is 23.0. The second-order valence-corrected chi connectivity index (χ2v) is 9.06. The summed E-state index contributed by atoms with van der Waals surface area (Å²) in [4.78, 5) is 10.5. The van der Waals surface area contributed by atoms with Crippen LogP contribution in [0.3, 0.4) is 0 Å². The Morgan fingerprint density at radius 3 is 2.71 bits per heavy atom. The number of likely N-dealkylation sites (tertiary alicyclic amines) is 1. The number of nitrogens with two attached hydrogens (primary N) is 1. The van der Waals surface area contributed by atoms with Crippen LogP contribution in [0.1, 0.15) is 50.8 Å². The first-order valence-electron chi connectivity index (χ1n) is 10.6. The minimum absolute atomic E-state index is 0.0952. The summed E-state index contributed by atoms with van der Waals surface area (Å²) in [6.45, 7) is 8.32. The molecule has 1 unspecified atom stereocenters. The maximum absolute atomic E-state index is 13.9. The van der Waals surface area contributed by atoms with Gasteiger partial charge in [-0.05, 0) is 64.9 Å². The van der Waals surface area contributed by atoms with Gasteiger partial charge in [-0.15, -0.1) is 0 Å². The highest BCUT2D eigenvalue weighted by Gasteiger charge is 2.23. The number of halogens is 1. The molecule has 0 saturated carbocycles. The number of hydrogen-bond donors (Lipinski definition) is 2. The fraction of sp³-hybridized carbons (Fsp3) is 0.500. The number of aliphatic hydroxyl groups excluding tert-OH is 1. The van der Waals surface area contributed by atoms with Crippen LogP contribution in [-0.2, 0) is 0 Å². The summed E-state index contributed by atoms with van der Waals surface area (Å²) >= 11 is 0. The van der Waals surface area contributed by atoms with Crippen molar-refractivity contribution in [3.63, 3.8) is 0 Å². The lowest BCUT2D eigenvalue weighted by Crippen LogP contribution is -2.40. The van der Waals surface area contributed by atoms with Gasteiger partial charge in [-0.1, -0.05) is 11.8 Å². The average molecular weight is 427 g/mol. The number of hydrogen-bond acceptors (Lipinski definition) is 6. The summed E-state index contributed by atoms with van der Waals surface area (Å²) in [5.74, 6) is 6.70. The van der Waals surface area contributed by atoms with Crippen LogP contribution in [-0.4, -0.2) is 52.3 Å². The second kappa shape index (κ2) is 10.1. The Labute approximate surface area is 183 Å². The van der Waals surface area contributed by atoms with Crippen LogP contribution >= 0.6 is 0 Å². The molecular weight excluding hydrogens is 395 g/mol. The molecule has 0 bridgehead atoms. The van der Waals surface area contributed by atoms with E-state index in [4.69, 9.17) is 10.5 Å². The van der Waals surface area contributed by atoms with Crippen LogP contribution in [0.4, 0.5) is 10.3 Å². The summed E-state index contributed by atoms with van der Waals surface area (Å²) in [5, 5.41) is 10.4. The van der Waals surface area contributed by atoms with E-state index in [1.54, 1.807) is 12.3 Å². The predicted octanol–water partition coefficient (Wildman–Crippen LogP) is 3.21. The highest BCUT2D eigenvalue weighted by molar-refractivity contribution is 5.41. The quantitative estimate of drug-likeness (QED) is 0.690. The number of aromatic nitrogens is 2. The van der Waals surface area contributed by atoms with Gasteiger partial charge in [-0.25, -0.2) is 14.4 Å². The molecule has 2 aromatic rings. The van der Waals surface area contributed by atoms with Gasteiger partial charge in [0.25, 0.3) is 0 Å². The number of benzene rings is 1. The Hall–Kier alpha value is -2.69. The van der Waals surface area contributed by atoms with E-state index in [1.807, 2.05) is 26.8 Å². The zero-order valence-corrected chi connectivity index (χ0v) is 18.4. The number of rotatable bonds is 6. The van der Waals surface area contributed by atoms with E-state index in [9.17, 15) is 9.50 Å². The molecule has 0 amide bonds. The minimum Gasteiger partial charge on any atom is -0.491 e. The number of aliphatic hydroxyl groups is 1. The van der Waals surface area contributed by atoms with Crippen LogP contribution in [0.15, 0.2) is 30.5 Å². The van der Waals surface area contributed by atoms with Gasteiger partial charge in [0.2, 0.25) is 5.95 Å². The highest BCUT2D eigenvalue weighted by atomic mass is 19.1. The normalized spacial score (nSPS) is 16.4. The van der Waals surface area contributed by atoms with E-state index in [-0.39, 0.29) is 12.0 Å². The second-order valence-electron chi connectivity index (χ2n) is 9.06. The molecule has 1 aliphatic rings. The molecular formula is C24H31FN4O2. The van der Waals surface area contributed by atoms with Gasteiger partial charge in [-0.2, -0.15) is 0 Å². The van der Waals surface area contributed by atoms with E-state index in [0.717, 1.165) is 31.6 Å². The summed E-state index contributed by atoms with van der Waals surface area (Å²) in [6.07, 6.45) is 2.92. The van der Waals surface area contributed by atoms with Crippen molar-refractivity contribution in [3.05, 3.63) is 47.5 Å². The molecule has 1 aliphatic heterocycles. The van der Waals surface area contributed by atoms with Gasteiger partial charge in [0.1, 0.15) is 24.3 Å². The fourth-order valence-electron chi connectivity index (χ4n) is 3.55. The lowest BCUT2D eigenvalue weighted by molar-refractivity contribution is 0.0591. The smallest absolute Gasteiger partial charge is 0.220 e. The Morgan fingerprint density at radius 1 is 1.29 bits per heavy atom. The Bertz CT molecular complexity index is 941. The fourth-order valence-corrected chi connectivity index (χ4v) is 3.55. The molecule has 0 spiro atoms. The largest absolute Gasteiger partial charge is 0.491 e. The van der Waals surface area contributed by atoms with Crippen molar-refractivity contribution < 1.29 is 14.2 Å². The van der Waals surface area contributed by atoms with E-state index < -0.39 is 11.9 Å². The molecule has 0 aliphatic carbocycles. The molecule has 0 radical (unpaired) electrons. The van der Waals surface area contributed by atoms with Gasteiger partial charge in [-0.3, -0.25) is 0 Å². The van der Waals surface area contributed by atoms with E-state index in [2.05, 4.69) is 26.7 Å². The Kier molecular flexibility index (Phi) is 7.47. The van der Waals surface area contributed by atoms with Crippen molar-refractivity contribution in [3.8, 4) is 17.6 Å². The molecule has 1 fully saturated rings. The first-order valence-corrected chi connectivity index (χ1v) is 10.6. The van der Waals surface area contributed by atoms with Crippen molar-refractivity contribution >= 4 is 5.95 Å². The number of anilines is 1. The van der Waals surface area contributed by atoms with Crippen LogP contribution in [0.5, 0.6) is 5.75 Å². The van der Waals surface area contributed by atoms with Crippen LogP contribution < -0.4 is 10.5 Å². The zero-order chi connectivity index (χ0) is 22.4. The van der Waals surface area contributed by atoms with Gasteiger partial charge < -0.3 is 20.5 Å².